The van der Waals surface area contributed by atoms with Crippen LogP contribution in [0.2, 0.25) is 0 Å². The lowest BCUT2D eigenvalue weighted by Gasteiger charge is -2.55. The number of nitro benzene ring substituents is 3. The Morgan fingerprint density at radius 3 is 2.09 bits per heavy atom. The predicted molar refractivity (Wildman–Crippen MR) is 109 cm³/mol. The zero-order chi connectivity index (χ0) is 23.8. The van der Waals surface area contributed by atoms with E-state index >= 15 is 0 Å². The normalized spacial score (nSPS) is 26.6. The molecule has 2 saturated heterocycles. The smallest absolute Gasteiger partial charge is 0.331 e. The van der Waals surface area contributed by atoms with Crippen LogP contribution in [0.25, 0.3) is 0 Å². The second kappa shape index (κ2) is 8.49. The molecular formula is C19H22N4O9. The van der Waals surface area contributed by atoms with Crippen molar-refractivity contribution < 1.29 is 29.4 Å². The molecule has 4 aliphatic rings. The van der Waals surface area contributed by atoms with Gasteiger partial charge in [-0.3, -0.25) is 30.3 Å². The second-order valence-corrected chi connectivity index (χ2v) is 8.33. The molecule has 3 fully saturated rings. The third kappa shape index (κ3) is 4.37. The average molecular weight is 450 g/mol. The molecule has 3 unspecified atom stereocenters. The van der Waals surface area contributed by atoms with Gasteiger partial charge in [0, 0.05) is 37.4 Å². The summed E-state index contributed by atoms with van der Waals surface area (Å²) < 4.78 is 5.73. The largest absolute Gasteiger partial charge is 0.497 e. The van der Waals surface area contributed by atoms with Gasteiger partial charge in [-0.25, -0.2) is 4.79 Å². The molecule has 32 heavy (non-hydrogen) atoms. The molecular weight excluding hydrogens is 428 g/mol. The summed E-state index contributed by atoms with van der Waals surface area (Å²) in [6, 6.07) is 1.51. The number of hydrogen-bond donors (Lipinski definition) is 1. The van der Waals surface area contributed by atoms with Gasteiger partial charge in [-0.15, -0.1) is 0 Å². The van der Waals surface area contributed by atoms with Crippen LogP contribution in [0, 0.1) is 36.3 Å². The van der Waals surface area contributed by atoms with E-state index in [1.165, 1.54) is 18.4 Å². The van der Waals surface area contributed by atoms with Crippen LogP contribution < -0.4 is 0 Å². The molecule has 0 aromatic heterocycles. The lowest BCUT2D eigenvalue weighted by Crippen LogP contribution is -2.61. The van der Waals surface area contributed by atoms with Crippen molar-refractivity contribution in [3.05, 3.63) is 54.1 Å². The number of ether oxygens (including phenoxy) is 1. The molecule has 1 aromatic carbocycles. The molecule has 2 bridgehead atoms. The number of carbonyl (C=O) groups excluding carboxylic acids is 1. The minimum absolute atomic E-state index is 0.126. The fourth-order valence-electron chi connectivity index (χ4n) is 4.76. The molecule has 13 nitrogen and oxygen atoms in total. The number of esters is 1. The van der Waals surface area contributed by atoms with E-state index in [1.807, 2.05) is 6.92 Å². The minimum atomic E-state index is -1.21. The monoisotopic (exact) mass is 450 g/mol. The lowest BCUT2D eigenvalue weighted by molar-refractivity contribution is -0.404. The molecule has 172 valence electrons. The predicted octanol–water partition coefficient (Wildman–Crippen LogP) is 2.85. The van der Waals surface area contributed by atoms with Crippen molar-refractivity contribution in [2.45, 2.75) is 44.2 Å². The number of non-ortho nitro benzene ring substituents is 1. The zero-order valence-corrected chi connectivity index (χ0v) is 17.4. The van der Waals surface area contributed by atoms with E-state index in [1.54, 1.807) is 6.08 Å². The van der Waals surface area contributed by atoms with Crippen molar-refractivity contribution in [1.29, 1.82) is 0 Å². The Bertz CT molecular complexity index is 989. The van der Waals surface area contributed by atoms with E-state index in [0.29, 0.717) is 24.1 Å². The highest BCUT2D eigenvalue weighted by Gasteiger charge is 2.53. The molecule has 13 heteroatoms. The first-order valence-corrected chi connectivity index (χ1v) is 9.84. The standard InChI is InChI=1S/C13H19NO2.C6H3N3O7/c1-9-5-12(15)16-13(6-9)7-11-4-3-10(13)8-14(11)2;10-6-4(8(13)14)1-3(7(11)12)2-5(6)9(15)16/h5,10-11H,3-4,6-8H2,1-2H3;1-2,10H. The summed E-state index contributed by atoms with van der Waals surface area (Å²) in [4.78, 5) is 41.8. The molecule has 3 atom stereocenters. The lowest BCUT2D eigenvalue weighted by atomic mass is 9.66. The first kappa shape index (κ1) is 23.1. The van der Waals surface area contributed by atoms with E-state index in [9.17, 15) is 35.1 Å². The van der Waals surface area contributed by atoms with E-state index in [-0.39, 0.29) is 11.6 Å². The van der Waals surface area contributed by atoms with Crippen molar-refractivity contribution in [2.75, 3.05) is 13.6 Å². The number of aromatic hydroxyl groups is 1. The van der Waals surface area contributed by atoms with Crippen LogP contribution in [0.15, 0.2) is 23.8 Å². The van der Waals surface area contributed by atoms with Crippen LogP contribution in [-0.4, -0.2) is 56.0 Å². The molecule has 3 aliphatic heterocycles. The maximum atomic E-state index is 11.6. The first-order chi connectivity index (χ1) is 14.9. The summed E-state index contributed by atoms with van der Waals surface area (Å²) in [6.07, 6.45) is 6.12. The van der Waals surface area contributed by atoms with Gasteiger partial charge in [-0.1, -0.05) is 5.57 Å². The number of nitro groups is 3. The molecule has 5 rings (SSSR count). The molecule has 1 saturated carbocycles. The van der Waals surface area contributed by atoms with Gasteiger partial charge in [0.05, 0.1) is 26.9 Å². The van der Waals surface area contributed by atoms with Crippen LogP contribution >= 0.6 is 0 Å². The molecule has 1 aliphatic carbocycles. The third-order valence-electron chi connectivity index (χ3n) is 6.21. The van der Waals surface area contributed by atoms with Crippen LogP contribution in [0.1, 0.15) is 32.6 Å². The number of rotatable bonds is 3. The molecule has 1 N–H and O–H groups in total. The van der Waals surface area contributed by atoms with Crippen LogP contribution in [0.3, 0.4) is 0 Å². The van der Waals surface area contributed by atoms with E-state index in [4.69, 9.17) is 9.84 Å². The second-order valence-electron chi connectivity index (χ2n) is 8.33. The molecule has 1 aromatic rings. The average Bonchev–Trinajstić information content (AvgIpc) is 2.68. The van der Waals surface area contributed by atoms with Crippen molar-refractivity contribution >= 4 is 23.0 Å². The summed E-state index contributed by atoms with van der Waals surface area (Å²) in [5.74, 6) is -0.797. The molecule has 3 heterocycles. The Labute approximate surface area is 181 Å². The van der Waals surface area contributed by atoms with Gasteiger partial charge < -0.3 is 14.7 Å². The summed E-state index contributed by atoms with van der Waals surface area (Å²) >= 11 is 0. The number of fused-ring (bicyclic) bond motifs is 2. The van der Waals surface area contributed by atoms with Crippen molar-refractivity contribution in [3.8, 4) is 5.75 Å². The Morgan fingerprint density at radius 2 is 1.69 bits per heavy atom. The zero-order valence-electron chi connectivity index (χ0n) is 17.4. The van der Waals surface area contributed by atoms with Crippen LogP contribution in [0.5, 0.6) is 5.75 Å². The van der Waals surface area contributed by atoms with Gasteiger partial charge in [-0.05, 0) is 26.8 Å². The number of phenolic OH excluding ortho intramolecular Hbond substituents is 1. The third-order valence-corrected chi connectivity index (χ3v) is 6.21. The number of phenols is 1. The fraction of sp³-hybridized carbons (Fsp3) is 0.526. The summed E-state index contributed by atoms with van der Waals surface area (Å²) in [5, 5.41) is 40.2. The van der Waals surface area contributed by atoms with E-state index < -0.39 is 37.6 Å². The maximum absolute atomic E-state index is 11.6. The van der Waals surface area contributed by atoms with E-state index in [2.05, 4.69) is 11.9 Å². The number of nitrogens with zero attached hydrogens (tertiary/aromatic N) is 4. The Hall–Kier alpha value is -3.61. The minimum Gasteiger partial charge on any atom is -0.497 e. The number of piperidine rings is 2. The van der Waals surface area contributed by atoms with Crippen molar-refractivity contribution in [3.63, 3.8) is 0 Å². The Morgan fingerprint density at radius 1 is 1.09 bits per heavy atom. The van der Waals surface area contributed by atoms with Gasteiger partial charge in [0.1, 0.15) is 5.60 Å². The first-order valence-electron chi connectivity index (χ1n) is 9.84. The van der Waals surface area contributed by atoms with Crippen molar-refractivity contribution in [2.24, 2.45) is 5.92 Å². The van der Waals surface area contributed by atoms with Crippen LogP contribution in [-0.2, 0) is 9.53 Å². The van der Waals surface area contributed by atoms with Gasteiger partial charge in [-0.2, -0.15) is 0 Å². The van der Waals surface area contributed by atoms with Gasteiger partial charge in [0.15, 0.2) is 0 Å². The molecule has 0 amide bonds. The van der Waals surface area contributed by atoms with E-state index in [0.717, 1.165) is 19.4 Å². The maximum Gasteiger partial charge on any atom is 0.331 e. The topological polar surface area (TPSA) is 179 Å². The molecule has 0 radical (unpaired) electrons. The number of benzene rings is 1. The summed E-state index contributed by atoms with van der Waals surface area (Å²) in [6.45, 7) is 3.14. The quantitative estimate of drug-likeness (QED) is 0.408. The number of hydrogen-bond acceptors (Lipinski definition) is 10. The Balaban J connectivity index is 0.000000181. The Kier molecular flexibility index (Phi) is 6.12. The van der Waals surface area contributed by atoms with Gasteiger partial charge in [0.25, 0.3) is 11.4 Å². The van der Waals surface area contributed by atoms with Crippen molar-refractivity contribution in [1.82, 2.24) is 4.90 Å². The van der Waals surface area contributed by atoms with Crippen LogP contribution in [0.4, 0.5) is 17.1 Å². The number of carbonyl (C=O) groups is 1. The summed E-state index contributed by atoms with van der Waals surface area (Å²) in [7, 11) is 2.19. The highest BCUT2D eigenvalue weighted by molar-refractivity contribution is 5.84. The highest BCUT2D eigenvalue weighted by atomic mass is 16.6. The highest BCUT2D eigenvalue weighted by Crippen LogP contribution is 2.48. The van der Waals surface area contributed by atoms with Gasteiger partial charge >= 0.3 is 17.3 Å². The fourth-order valence-corrected chi connectivity index (χ4v) is 4.76. The molecule has 1 spiro atoms. The SMILES string of the molecule is CC1=CC(=O)OC2(C1)CC1CCC2CN1C.O=[N+]([O-])c1cc([N+](=O)[O-])c(O)c([N+](=O)[O-])c1. The van der Waals surface area contributed by atoms with Gasteiger partial charge in [0.2, 0.25) is 0 Å². The summed E-state index contributed by atoms with van der Waals surface area (Å²) in [5.41, 5.74) is -1.98.